The molecule has 2 heterocycles. The van der Waals surface area contributed by atoms with Gasteiger partial charge in [0.25, 0.3) is 0 Å². The largest absolute Gasteiger partial charge is 0.383 e. The molecule has 0 aliphatic carbocycles. The Morgan fingerprint density at radius 3 is 3.00 bits per heavy atom. The summed E-state index contributed by atoms with van der Waals surface area (Å²) in [7, 11) is 1.66. The molecule has 0 radical (unpaired) electrons. The highest BCUT2D eigenvalue weighted by atomic mass is 32.1. The lowest BCUT2D eigenvalue weighted by Crippen LogP contribution is -2.18. The van der Waals surface area contributed by atoms with Gasteiger partial charge in [0.05, 0.1) is 12.8 Å². The van der Waals surface area contributed by atoms with E-state index in [-0.39, 0.29) is 5.82 Å². The van der Waals surface area contributed by atoms with Crippen molar-refractivity contribution in [3.63, 3.8) is 0 Å². The Balaban J connectivity index is 1.95. The van der Waals surface area contributed by atoms with E-state index < -0.39 is 0 Å². The van der Waals surface area contributed by atoms with Gasteiger partial charge < -0.3 is 10.1 Å². The fourth-order valence-electron chi connectivity index (χ4n) is 1.30. The maximum atomic E-state index is 12.7. The van der Waals surface area contributed by atoms with Crippen molar-refractivity contribution in [2.75, 3.05) is 20.3 Å². The normalized spacial score (nSPS) is 10.8. The van der Waals surface area contributed by atoms with E-state index in [0.717, 1.165) is 11.6 Å². The zero-order valence-corrected chi connectivity index (χ0v) is 10.7. The number of rotatable bonds is 6. The second-order valence-corrected chi connectivity index (χ2v) is 4.59. The minimum Gasteiger partial charge on any atom is -0.383 e. The molecule has 0 amide bonds. The van der Waals surface area contributed by atoms with E-state index in [2.05, 4.69) is 20.5 Å². The van der Waals surface area contributed by atoms with Crippen molar-refractivity contribution < 1.29 is 9.13 Å². The number of pyridine rings is 1. The van der Waals surface area contributed by atoms with Gasteiger partial charge in [-0.25, -0.2) is 4.39 Å². The average molecular weight is 268 g/mol. The van der Waals surface area contributed by atoms with Crippen LogP contribution in [0.1, 0.15) is 5.01 Å². The lowest BCUT2D eigenvalue weighted by Gasteiger charge is -1.99. The number of aromatic nitrogens is 3. The lowest BCUT2D eigenvalue weighted by molar-refractivity contribution is 0.199. The second kappa shape index (κ2) is 6.48. The van der Waals surface area contributed by atoms with Gasteiger partial charge in [0.1, 0.15) is 16.5 Å². The Kier molecular flexibility index (Phi) is 4.68. The molecule has 2 rings (SSSR count). The van der Waals surface area contributed by atoms with Gasteiger partial charge >= 0.3 is 0 Å². The SMILES string of the molecule is COCCNCc1nnc(-c2ccc(F)cn2)s1. The molecule has 0 aliphatic heterocycles. The van der Waals surface area contributed by atoms with Gasteiger partial charge in [-0.15, -0.1) is 10.2 Å². The van der Waals surface area contributed by atoms with Crippen LogP contribution >= 0.6 is 11.3 Å². The van der Waals surface area contributed by atoms with Gasteiger partial charge in [-0.3, -0.25) is 4.98 Å². The summed E-state index contributed by atoms with van der Waals surface area (Å²) in [6.07, 6.45) is 1.17. The van der Waals surface area contributed by atoms with Crippen molar-refractivity contribution in [3.05, 3.63) is 29.2 Å². The molecule has 0 spiro atoms. The highest BCUT2D eigenvalue weighted by molar-refractivity contribution is 7.14. The van der Waals surface area contributed by atoms with Crippen molar-refractivity contribution >= 4 is 11.3 Å². The standard InChI is InChI=1S/C11H13FN4OS/c1-17-5-4-13-7-10-15-16-11(18-10)9-3-2-8(12)6-14-9/h2-3,6,13H,4-5,7H2,1H3. The van der Waals surface area contributed by atoms with E-state index in [1.165, 1.54) is 23.6 Å². The van der Waals surface area contributed by atoms with Crippen molar-refractivity contribution in [1.82, 2.24) is 20.5 Å². The number of hydrogen-bond acceptors (Lipinski definition) is 6. The van der Waals surface area contributed by atoms with Crippen molar-refractivity contribution in [3.8, 4) is 10.7 Å². The molecule has 0 saturated carbocycles. The summed E-state index contributed by atoms with van der Waals surface area (Å²) in [4.78, 5) is 3.96. The van der Waals surface area contributed by atoms with Crippen LogP contribution in [0.5, 0.6) is 0 Å². The van der Waals surface area contributed by atoms with Gasteiger partial charge in [-0.2, -0.15) is 0 Å². The predicted molar refractivity (Wildman–Crippen MR) is 66.7 cm³/mol. The van der Waals surface area contributed by atoms with E-state index in [1.807, 2.05) is 0 Å². The number of methoxy groups -OCH3 is 1. The molecular weight excluding hydrogens is 255 g/mol. The molecule has 0 saturated heterocycles. The fourth-order valence-corrected chi connectivity index (χ4v) is 2.09. The molecule has 1 N–H and O–H groups in total. The Bertz CT molecular complexity index is 488. The number of nitrogens with one attached hydrogen (secondary N) is 1. The first-order valence-electron chi connectivity index (χ1n) is 5.43. The summed E-state index contributed by atoms with van der Waals surface area (Å²) in [5.74, 6) is -0.357. The third-order valence-electron chi connectivity index (χ3n) is 2.17. The Labute approximate surface area is 108 Å². The molecular formula is C11H13FN4OS. The highest BCUT2D eigenvalue weighted by Crippen LogP contribution is 2.21. The zero-order chi connectivity index (χ0) is 12.8. The summed E-state index contributed by atoms with van der Waals surface area (Å²) in [5, 5.41) is 12.8. The molecule has 0 fully saturated rings. The second-order valence-electron chi connectivity index (χ2n) is 3.53. The Hall–Kier alpha value is -1.44. The van der Waals surface area contributed by atoms with Crippen LogP contribution in [-0.4, -0.2) is 35.4 Å². The van der Waals surface area contributed by atoms with E-state index in [9.17, 15) is 4.39 Å². The third kappa shape index (κ3) is 3.52. The topological polar surface area (TPSA) is 59.9 Å². The molecule has 2 aromatic heterocycles. The molecule has 5 nitrogen and oxygen atoms in total. The summed E-state index contributed by atoms with van der Waals surface area (Å²) in [6, 6.07) is 2.96. The zero-order valence-electron chi connectivity index (χ0n) is 9.89. The van der Waals surface area contributed by atoms with E-state index in [1.54, 1.807) is 13.2 Å². The lowest BCUT2D eigenvalue weighted by atomic mass is 10.4. The van der Waals surface area contributed by atoms with Crippen LogP contribution in [0.15, 0.2) is 18.3 Å². The van der Waals surface area contributed by atoms with E-state index in [0.29, 0.717) is 23.9 Å². The molecule has 96 valence electrons. The van der Waals surface area contributed by atoms with E-state index >= 15 is 0 Å². The van der Waals surface area contributed by atoms with Crippen LogP contribution in [0.4, 0.5) is 4.39 Å². The van der Waals surface area contributed by atoms with Crippen molar-refractivity contribution in [2.45, 2.75) is 6.54 Å². The maximum absolute atomic E-state index is 12.7. The van der Waals surface area contributed by atoms with Gasteiger partial charge in [0, 0.05) is 20.2 Å². The highest BCUT2D eigenvalue weighted by Gasteiger charge is 2.07. The smallest absolute Gasteiger partial charge is 0.166 e. The van der Waals surface area contributed by atoms with Gasteiger partial charge in [-0.1, -0.05) is 11.3 Å². The Morgan fingerprint density at radius 1 is 1.39 bits per heavy atom. The molecule has 0 aliphatic rings. The first kappa shape index (κ1) is 13.0. The quantitative estimate of drug-likeness (QED) is 0.804. The van der Waals surface area contributed by atoms with Crippen LogP contribution in [0.25, 0.3) is 10.7 Å². The molecule has 2 aromatic rings. The minimum absolute atomic E-state index is 0.357. The summed E-state index contributed by atoms with van der Waals surface area (Å²) >= 11 is 1.44. The number of halogens is 1. The van der Waals surface area contributed by atoms with Gasteiger partial charge in [0.15, 0.2) is 5.01 Å². The van der Waals surface area contributed by atoms with Crippen LogP contribution < -0.4 is 5.32 Å². The monoisotopic (exact) mass is 268 g/mol. The molecule has 7 heteroatoms. The first-order chi connectivity index (χ1) is 8.79. The summed E-state index contributed by atoms with van der Waals surface area (Å²) in [6.45, 7) is 2.06. The predicted octanol–water partition coefficient (Wildman–Crippen LogP) is 1.48. The van der Waals surface area contributed by atoms with Crippen LogP contribution in [0.2, 0.25) is 0 Å². The van der Waals surface area contributed by atoms with Gasteiger partial charge in [-0.05, 0) is 12.1 Å². The van der Waals surface area contributed by atoms with Crippen LogP contribution in [-0.2, 0) is 11.3 Å². The van der Waals surface area contributed by atoms with Crippen molar-refractivity contribution in [2.24, 2.45) is 0 Å². The first-order valence-corrected chi connectivity index (χ1v) is 6.25. The maximum Gasteiger partial charge on any atom is 0.166 e. The average Bonchev–Trinajstić information content (AvgIpc) is 2.84. The third-order valence-corrected chi connectivity index (χ3v) is 3.12. The van der Waals surface area contributed by atoms with Crippen LogP contribution in [0.3, 0.4) is 0 Å². The molecule has 0 bridgehead atoms. The number of nitrogens with zero attached hydrogens (tertiary/aromatic N) is 3. The minimum atomic E-state index is -0.357. The molecule has 0 aromatic carbocycles. The van der Waals surface area contributed by atoms with E-state index in [4.69, 9.17) is 4.74 Å². The summed E-state index contributed by atoms with van der Waals surface area (Å²) in [5.41, 5.74) is 0.636. The fraction of sp³-hybridized carbons (Fsp3) is 0.364. The molecule has 0 unspecified atom stereocenters. The van der Waals surface area contributed by atoms with Gasteiger partial charge in [0.2, 0.25) is 0 Å². The van der Waals surface area contributed by atoms with Crippen molar-refractivity contribution in [1.29, 1.82) is 0 Å². The number of hydrogen-bond donors (Lipinski definition) is 1. The molecule has 0 atom stereocenters. The Morgan fingerprint density at radius 2 is 2.28 bits per heavy atom. The van der Waals surface area contributed by atoms with Crippen LogP contribution in [0, 0.1) is 5.82 Å². The molecule has 18 heavy (non-hydrogen) atoms. The summed E-state index contributed by atoms with van der Waals surface area (Å²) < 4.78 is 17.7. The number of ether oxygens (including phenoxy) is 1.